The smallest absolute Gasteiger partial charge is 0.257 e. The number of piperidine rings is 3. The van der Waals surface area contributed by atoms with Gasteiger partial charge in [-0.3, -0.25) is 32.8 Å². The summed E-state index contributed by atoms with van der Waals surface area (Å²) in [4.78, 5) is 94.5. The number of phenolic OH excluding ortho intramolecular Hbond substituents is 1. The minimum Gasteiger partial charge on any atom is -0.507 e. The monoisotopic (exact) mass is 1840 g/mol. The standard InChI is InChI=1S/C32H33N5O.C29H29N7O2.C25H21N5O.C24H19N5O3/c1-35-16-12-25(13-17-35)26-14-18-36(19-15-26)32(38)28-8-6-24(7-9-28)29-10-11-31-34-21-30(37(31)22-29)27-4-2-23(20-33)3-5-27;1-19(37)32-26-16-22(8-9-24(26)29(38)35-14-12-23(13-15-35)34(2)3)25-10-11-28-31-18-27(36(28)33-25)21-6-4-20(17-30)5-7-21;26-15-18-1-3-20(4-2-18)23-16-28-24-10-9-22(17-30(23)24)19-5-7-21(8-6-19)25(31)29-13-11-27-12-14-29;25-14-16-1-3-17(4-2-16)20-15-26-29-8-7-21(27-23(20)29)18-5-6-19(22(30)13-18)24(31)28-9-11-32-12-10-28/h2-11,21-22,25-26H,12-19H2,1H3;4-11,16,18,23H,12-15H2,1-3H3,(H,32,37);1-10,16-17,27H,11-14H2;1-8,13,15,30H,9-12H2. The zero-order valence-electron chi connectivity index (χ0n) is 77.6. The summed E-state index contributed by atoms with van der Waals surface area (Å²) in [5.74, 6) is 1.20. The predicted molar refractivity (Wildman–Crippen MR) is 532 cm³/mol. The van der Waals surface area contributed by atoms with Crippen molar-refractivity contribution in [2.24, 2.45) is 11.8 Å². The number of anilines is 1. The molecule has 0 spiro atoms. The number of fused-ring (bicyclic) bond motifs is 4. The molecule has 5 amide bonds. The third-order valence-electron chi connectivity index (χ3n) is 26.7. The van der Waals surface area contributed by atoms with Crippen molar-refractivity contribution in [1.29, 1.82) is 21.0 Å². The number of likely N-dealkylation sites (tertiary alicyclic amines) is 3. The number of imidazole rings is 3. The number of carbonyl (C=O) groups excluding carboxylic acids is 5. The molecule has 0 radical (unpaired) electrons. The summed E-state index contributed by atoms with van der Waals surface area (Å²) in [6.07, 6.45) is 19.8. The first-order valence-electron chi connectivity index (χ1n) is 46.7. The highest BCUT2D eigenvalue weighted by molar-refractivity contribution is 6.04. The number of nitrogens with one attached hydrogen (secondary N) is 2. The molecule has 5 saturated heterocycles. The number of phenols is 1. The number of hydrogen-bond acceptors (Lipinski definition) is 20. The van der Waals surface area contributed by atoms with E-state index >= 15 is 0 Å². The van der Waals surface area contributed by atoms with Crippen LogP contribution in [0, 0.1) is 57.2 Å². The fourth-order valence-electron chi connectivity index (χ4n) is 18.7. The highest BCUT2D eigenvalue weighted by atomic mass is 16.5. The van der Waals surface area contributed by atoms with Crippen LogP contribution in [-0.4, -0.2) is 231 Å². The number of aromatic nitrogens is 10. The lowest BCUT2D eigenvalue weighted by Crippen LogP contribution is -2.46. The summed E-state index contributed by atoms with van der Waals surface area (Å²) in [5, 5.41) is 62.1. The van der Waals surface area contributed by atoms with Crippen LogP contribution >= 0.6 is 0 Å². The van der Waals surface area contributed by atoms with Crippen LogP contribution in [0.1, 0.15) is 109 Å². The van der Waals surface area contributed by atoms with Crippen molar-refractivity contribution in [2.45, 2.75) is 51.5 Å². The van der Waals surface area contributed by atoms with Crippen LogP contribution < -0.4 is 10.6 Å². The van der Waals surface area contributed by atoms with Gasteiger partial charge in [-0.15, -0.1) is 0 Å². The maximum atomic E-state index is 13.4. The van der Waals surface area contributed by atoms with E-state index in [0.29, 0.717) is 113 Å². The first-order chi connectivity index (χ1) is 67.8. The van der Waals surface area contributed by atoms with Crippen molar-refractivity contribution < 1.29 is 33.8 Å². The van der Waals surface area contributed by atoms with E-state index in [0.717, 1.165) is 166 Å². The molecule has 29 nitrogen and oxygen atoms in total. The average molecular weight is 1840 g/mol. The molecule has 29 heteroatoms. The number of piperazine rings is 1. The molecule has 16 aromatic rings. The molecule has 0 bridgehead atoms. The van der Waals surface area contributed by atoms with Crippen molar-refractivity contribution in [3.63, 3.8) is 0 Å². The molecule has 5 aliphatic rings. The molecule has 3 N–H and O–H groups in total. The second-order valence-electron chi connectivity index (χ2n) is 35.6. The van der Waals surface area contributed by atoms with Gasteiger partial charge >= 0.3 is 0 Å². The minimum atomic E-state index is -0.247. The number of pyridine rings is 2. The molecular weight excluding hydrogens is 1740 g/mol. The van der Waals surface area contributed by atoms with Gasteiger partial charge in [0, 0.05) is 142 Å². The van der Waals surface area contributed by atoms with E-state index in [1.807, 2.05) is 185 Å². The molecule has 8 aromatic carbocycles. The molecule has 0 atom stereocenters. The van der Waals surface area contributed by atoms with Gasteiger partial charge in [-0.05, 0) is 252 Å². The number of ether oxygens (including phenoxy) is 1. The molecule has 694 valence electrons. The third-order valence-corrected chi connectivity index (χ3v) is 26.7. The number of morpholine rings is 1. The molecule has 0 aliphatic carbocycles. The van der Waals surface area contributed by atoms with Gasteiger partial charge in [0.2, 0.25) is 5.91 Å². The number of benzene rings is 8. The lowest BCUT2D eigenvalue weighted by molar-refractivity contribution is -0.114. The lowest BCUT2D eigenvalue weighted by atomic mass is 9.79. The Kier molecular flexibility index (Phi) is 28.1. The van der Waals surface area contributed by atoms with E-state index < -0.39 is 0 Å². The third kappa shape index (κ3) is 20.9. The van der Waals surface area contributed by atoms with Gasteiger partial charge in [-0.1, -0.05) is 84.9 Å². The van der Waals surface area contributed by atoms with Crippen LogP contribution in [0.3, 0.4) is 0 Å². The Morgan fingerprint density at radius 2 is 0.856 bits per heavy atom. The van der Waals surface area contributed by atoms with Gasteiger partial charge in [0.05, 0.1) is 130 Å². The summed E-state index contributed by atoms with van der Waals surface area (Å²) in [6.45, 7) is 12.2. The topological polar surface area (TPSA) is 348 Å². The highest BCUT2D eigenvalue weighted by Gasteiger charge is 2.33. The van der Waals surface area contributed by atoms with Crippen LogP contribution in [0.15, 0.2) is 268 Å². The number of hydrogen-bond donors (Lipinski definition) is 3. The minimum absolute atomic E-state index is 0.0820. The second-order valence-corrected chi connectivity index (χ2v) is 35.6. The Labute approximate surface area is 804 Å². The van der Waals surface area contributed by atoms with Gasteiger partial charge in [0.15, 0.2) is 11.3 Å². The van der Waals surface area contributed by atoms with E-state index in [4.69, 9.17) is 35.9 Å². The average Bonchev–Trinajstić information content (AvgIpc) is 1.67. The Hall–Kier alpha value is -16.7. The van der Waals surface area contributed by atoms with Gasteiger partial charge in [-0.2, -0.15) is 31.2 Å². The van der Waals surface area contributed by atoms with Gasteiger partial charge in [-0.25, -0.2) is 29.0 Å². The van der Waals surface area contributed by atoms with E-state index in [-0.39, 0.29) is 40.8 Å². The number of carbonyl (C=O) groups is 5. The molecule has 5 fully saturated rings. The summed E-state index contributed by atoms with van der Waals surface area (Å²) < 4.78 is 12.8. The summed E-state index contributed by atoms with van der Waals surface area (Å²) in [5.41, 5.74) is 22.5. The maximum Gasteiger partial charge on any atom is 0.257 e. The van der Waals surface area contributed by atoms with Crippen molar-refractivity contribution in [3.8, 4) is 120 Å². The molecular formula is C110H102N22O7. The number of rotatable bonds is 15. The van der Waals surface area contributed by atoms with Crippen LogP contribution in [-0.2, 0) is 9.53 Å². The fraction of sp³-hybridized carbons (Fsp3) is 0.245. The lowest BCUT2D eigenvalue weighted by Gasteiger charge is -2.39. The SMILES string of the molecule is CC(=O)Nc1cc(-c2ccc3ncc(-c4ccc(C#N)cc4)n3n2)ccc1C(=O)N1CCC(N(C)C)CC1.CN1CCC(C2CCN(C(=O)c3ccc(-c4ccc5ncc(-c6ccc(C#N)cc6)n5c4)cc3)CC2)CC1.N#Cc1ccc(-c2cnc3ccc(-c4ccc(C(=O)N5CCNCC5)cc4)cn23)cc1.N#Cc1ccc(-c2cnn3ccc(-c4ccc(C(=O)N5CCOCC5)c(O)c4)nc23)cc1. The number of nitrogens with zero attached hydrogens (tertiary/aromatic N) is 20. The highest BCUT2D eigenvalue weighted by Crippen LogP contribution is 2.37. The Bertz CT molecular complexity index is 7390. The second kappa shape index (κ2) is 42.1. The Morgan fingerprint density at radius 3 is 1.37 bits per heavy atom. The molecule has 0 saturated carbocycles. The van der Waals surface area contributed by atoms with Crippen LogP contribution in [0.2, 0.25) is 0 Å². The van der Waals surface area contributed by atoms with Crippen LogP contribution in [0.5, 0.6) is 5.75 Å². The van der Waals surface area contributed by atoms with E-state index in [1.165, 1.54) is 32.9 Å². The van der Waals surface area contributed by atoms with Crippen LogP contribution in [0.4, 0.5) is 5.69 Å². The quantitative estimate of drug-likeness (QED) is 0.0858. The maximum absolute atomic E-state index is 13.4. The Morgan fingerprint density at radius 1 is 0.432 bits per heavy atom. The van der Waals surface area contributed by atoms with Gasteiger partial charge in [0.1, 0.15) is 17.0 Å². The Balaban J connectivity index is 0.000000123. The van der Waals surface area contributed by atoms with Crippen molar-refractivity contribution in [1.82, 2.24) is 82.7 Å². The van der Waals surface area contributed by atoms with Crippen molar-refractivity contribution in [2.75, 3.05) is 118 Å². The number of nitriles is 4. The molecule has 139 heavy (non-hydrogen) atoms. The first-order valence-corrected chi connectivity index (χ1v) is 46.7. The molecule has 13 heterocycles. The molecule has 5 aliphatic heterocycles. The fourth-order valence-corrected chi connectivity index (χ4v) is 18.7. The van der Waals surface area contributed by atoms with Crippen molar-refractivity contribution in [3.05, 3.63) is 312 Å². The molecule has 0 unspecified atom stereocenters. The zero-order chi connectivity index (χ0) is 96.2. The van der Waals surface area contributed by atoms with Gasteiger partial charge in [0.25, 0.3) is 23.6 Å². The predicted octanol–water partition coefficient (Wildman–Crippen LogP) is 16.5. The molecule has 8 aromatic heterocycles. The summed E-state index contributed by atoms with van der Waals surface area (Å²) in [6, 6.07) is 78.4. The largest absolute Gasteiger partial charge is 0.507 e. The van der Waals surface area contributed by atoms with Crippen molar-refractivity contribution >= 4 is 57.8 Å². The van der Waals surface area contributed by atoms with E-state index in [9.17, 15) is 29.1 Å². The first kappa shape index (κ1) is 92.8. The van der Waals surface area contributed by atoms with Gasteiger partial charge < -0.3 is 49.9 Å². The van der Waals surface area contributed by atoms with Crippen LogP contribution in [0.25, 0.3) is 112 Å². The zero-order valence-corrected chi connectivity index (χ0v) is 77.6. The van der Waals surface area contributed by atoms with E-state index in [2.05, 4.69) is 113 Å². The summed E-state index contributed by atoms with van der Waals surface area (Å²) in [7, 11) is 6.35. The van der Waals surface area contributed by atoms with E-state index in [1.54, 1.807) is 93.2 Å². The number of amides is 5. The molecule has 21 rings (SSSR count). The number of aromatic hydroxyl groups is 1. The normalized spacial score (nSPS) is 14.9. The summed E-state index contributed by atoms with van der Waals surface area (Å²) >= 11 is 0.